The minimum absolute atomic E-state index is 0.589. The molecule has 0 aliphatic carbocycles. The molecular formula is C27H16ClN3O. The summed E-state index contributed by atoms with van der Waals surface area (Å²) < 4.78 is 6.07. The number of hydrogen-bond acceptors (Lipinski definition) is 4. The smallest absolute Gasteiger partial charge is 0.164 e. The Morgan fingerprint density at radius 1 is 0.531 bits per heavy atom. The fourth-order valence-corrected chi connectivity index (χ4v) is 4.13. The summed E-state index contributed by atoms with van der Waals surface area (Å²) in [5, 5.41) is 2.56. The van der Waals surface area contributed by atoms with Gasteiger partial charge in [0.1, 0.15) is 11.2 Å². The van der Waals surface area contributed by atoms with Gasteiger partial charge in [-0.2, -0.15) is 0 Å². The minimum atomic E-state index is 0.589. The van der Waals surface area contributed by atoms with Crippen molar-refractivity contribution in [1.29, 1.82) is 0 Å². The van der Waals surface area contributed by atoms with Crippen LogP contribution in [0.4, 0.5) is 0 Å². The van der Waals surface area contributed by atoms with Crippen molar-refractivity contribution < 1.29 is 4.42 Å². The van der Waals surface area contributed by atoms with Crippen molar-refractivity contribution in [3.8, 4) is 34.2 Å². The maximum absolute atomic E-state index is 6.42. The molecule has 6 rings (SSSR count). The molecule has 2 aromatic heterocycles. The van der Waals surface area contributed by atoms with E-state index in [9.17, 15) is 0 Å². The van der Waals surface area contributed by atoms with Gasteiger partial charge >= 0.3 is 0 Å². The number of rotatable bonds is 3. The Balaban J connectivity index is 1.56. The molecule has 5 heteroatoms. The van der Waals surface area contributed by atoms with E-state index in [0.29, 0.717) is 22.5 Å². The Bertz CT molecular complexity index is 1520. The van der Waals surface area contributed by atoms with Gasteiger partial charge in [-0.05, 0) is 24.3 Å². The van der Waals surface area contributed by atoms with Gasteiger partial charge in [0.05, 0.1) is 5.02 Å². The van der Waals surface area contributed by atoms with Crippen LogP contribution in [-0.2, 0) is 0 Å². The first kappa shape index (κ1) is 18.7. The van der Waals surface area contributed by atoms with Gasteiger partial charge in [0.25, 0.3) is 0 Å². The molecule has 0 fully saturated rings. The van der Waals surface area contributed by atoms with E-state index >= 15 is 0 Å². The lowest BCUT2D eigenvalue weighted by Crippen LogP contribution is -2.00. The summed E-state index contributed by atoms with van der Waals surface area (Å²) in [7, 11) is 0. The lowest BCUT2D eigenvalue weighted by molar-refractivity contribution is 0.669. The van der Waals surface area contributed by atoms with Crippen LogP contribution in [0, 0.1) is 0 Å². The topological polar surface area (TPSA) is 51.8 Å². The zero-order valence-corrected chi connectivity index (χ0v) is 17.6. The second-order valence-corrected chi connectivity index (χ2v) is 7.87. The van der Waals surface area contributed by atoms with Gasteiger partial charge in [0, 0.05) is 27.5 Å². The van der Waals surface area contributed by atoms with Gasteiger partial charge in [0.15, 0.2) is 17.5 Å². The molecule has 6 aromatic rings. The number of benzene rings is 4. The van der Waals surface area contributed by atoms with Crippen LogP contribution in [0.15, 0.2) is 101 Å². The summed E-state index contributed by atoms with van der Waals surface area (Å²) in [6.07, 6.45) is 0. The Hall–Kier alpha value is -4.02. The molecule has 4 nitrogen and oxygen atoms in total. The monoisotopic (exact) mass is 433 g/mol. The summed E-state index contributed by atoms with van der Waals surface area (Å²) in [5.74, 6) is 1.84. The van der Waals surface area contributed by atoms with Gasteiger partial charge in [-0.15, -0.1) is 0 Å². The number of furan rings is 1. The van der Waals surface area contributed by atoms with Crippen LogP contribution < -0.4 is 0 Å². The third kappa shape index (κ3) is 3.22. The summed E-state index contributed by atoms with van der Waals surface area (Å²) >= 11 is 6.42. The zero-order chi connectivity index (χ0) is 21.5. The van der Waals surface area contributed by atoms with Crippen LogP contribution >= 0.6 is 11.6 Å². The van der Waals surface area contributed by atoms with Gasteiger partial charge < -0.3 is 4.42 Å². The molecule has 2 heterocycles. The maximum atomic E-state index is 6.42. The van der Waals surface area contributed by atoms with Crippen molar-refractivity contribution in [1.82, 2.24) is 15.0 Å². The predicted octanol–water partition coefficient (Wildman–Crippen LogP) is 7.43. The Labute approximate surface area is 189 Å². The Morgan fingerprint density at radius 2 is 1.12 bits per heavy atom. The van der Waals surface area contributed by atoms with Crippen molar-refractivity contribution in [2.24, 2.45) is 0 Å². The van der Waals surface area contributed by atoms with Crippen molar-refractivity contribution in [2.75, 3.05) is 0 Å². The molecule has 32 heavy (non-hydrogen) atoms. The minimum Gasteiger partial charge on any atom is -0.456 e. The van der Waals surface area contributed by atoms with E-state index in [1.807, 2.05) is 97.1 Å². The molecule has 0 bridgehead atoms. The van der Waals surface area contributed by atoms with Crippen LogP contribution in [0.1, 0.15) is 0 Å². The van der Waals surface area contributed by atoms with Crippen LogP contribution in [0.3, 0.4) is 0 Å². The van der Waals surface area contributed by atoms with Gasteiger partial charge in [-0.1, -0.05) is 84.4 Å². The summed E-state index contributed by atoms with van der Waals surface area (Å²) in [6, 6.07) is 31.5. The fourth-order valence-electron chi connectivity index (χ4n) is 3.86. The van der Waals surface area contributed by atoms with E-state index in [2.05, 4.69) is 0 Å². The maximum Gasteiger partial charge on any atom is 0.164 e. The zero-order valence-electron chi connectivity index (χ0n) is 16.9. The molecule has 0 amide bonds. The molecule has 0 N–H and O–H groups in total. The van der Waals surface area contributed by atoms with Gasteiger partial charge in [0.2, 0.25) is 0 Å². The average molecular weight is 434 g/mol. The standard InChI is InChI=1S/C27H16ClN3O/c28-21-12-7-13-22-24(21)20-15-14-19(16-23(20)32-22)27-30-25(17-8-3-1-4-9-17)29-26(31-27)18-10-5-2-6-11-18/h1-16H. The van der Waals surface area contributed by atoms with Crippen molar-refractivity contribution in [2.45, 2.75) is 0 Å². The van der Waals surface area contributed by atoms with Gasteiger partial charge in [-0.3, -0.25) is 0 Å². The van der Waals surface area contributed by atoms with Crippen molar-refractivity contribution >= 4 is 33.5 Å². The number of fused-ring (bicyclic) bond motifs is 3. The van der Waals surface area contributed by atoms with E-state index in [0.717, 1.165) is 38.6 Å². The van der Waals surface area contributed by atoms with E-state index in [1.54, 1.807) is 0 Å². The highest BCUT2D eigenvalue weighted by Gasteiger charge is 2.15. The molecule has 0 saturated carbocycles. The second-order valence-electron chi connectivity index (χ2n) is 7.46. The summed E-state index contributed by atoms with van der Waals surface area (Å²) in [5.41, 5.74) is 4.23. The van der Waals surface area contributed by atoms with Gasteiger partial charge in [-0.25, -0.2) is 15.0 Å². The lowest BCUT2D eigenvalue weighted by Gasteiger charge is -2.08. The second kappa shape index (κ2) is 7.59. The van der Waals surface area contributed by atoms with Crippen LogP contribution in [0.2, 0.25) is 5.02 Å². The molecule has 4 aromatic carbocycles. The first-order valence-electron chi connectivity index (χ1n) is 10.2. The van der Waals surface area contributed by atoms with E-state index in [4.69, 9.17) is 31.0 Å². The summed E-state index contributed by atoms with van der Waals surface area (Å²) in [6.45, 7) is 0. The largest absolute Gasteiger partial charge is 0.456 e. The third-order valence-electron chi connectivity index (χ3n) is 5.40. The third-order valence-corrected chi connectivity index (χ3v) is 5.72. The first-order valence-corrected chi connectivity index (χ1v) is 10.6. The molecule has 0 aliphatic heterocycles. The predicted molar refractivity (Wildman–Crippen MR) is 128 cm³/mol. The lowest BCUT2D eigenvalue weighted by atomic mass is 10.1. The first-order chi connectivity index (χ1) is 15.8. The Morgan fingerprint density at radius 3 is 1.75 bits per heavy atom. The van der Waals surface area contributed by atoms with Crippen LogP contribution in [-0.4, -0.2) is 15.0 Å². The molecule has 0 spiro atoms. The highest BCUT2D eigenvalue weighted by Crippen LogP contribution is 2.36. The molecule has 0 atom stereocenters. The Kier molecular flexibility index (Phi) is 4.44. The van der Waals surface area contributed by atoms with Crippen molar-refractivity contribution in [3.63, 3.8) is 0 Å². The number of halogens is 1. The summed E-state index contributed by atoms with van der Waals surface area (Å²) in [4.78, 5) is 14.3. The molecular weight excluding hydrogens is 418 g/mol. The normalized spacial score (nSPS) is 11.3. The van der Waals surface area contributed by atoms with E-state index in [1.165, 1.54) is 0 Å². The number of hydrogen-bond donors (Lipinski definition) is 0. The number of aromatic nitrogens is 3. The SMILES string of the molecule is Clc1cccc2oc3cc(-c4nc(-c5ccccc5)nc(-c5ccccc5)n4)ccc3c12. The number of nitrogens with zero attached hydrogens (tertiary/aromatic N) is 3. The van der Waals surface area contributed by atoms with E-state index in [-0.39, 0.29) is 0 Å². The average Bonchev–Trinajstić information content (AvgIpc) is 3.24. The molecule has 0 saturated heterocycles. The van der Waals surface area contributed by atoms with E-state index < -0.39 is 0 Å². The highest BCUT2D eigenvalue weighted by atomic mass is 35.5. The fraction of sp³-hybridized carbons (Fsp3) is 0. The highest BCUT2D eigenvalue weighted by molar-refractivity contribution is 6.37. The molecule has 0 aliphatic rings. The van der Waals surface area contributed by atoms with Crippen LogP contribution in [0.25, 0.3) is 56.1 Å². The molecule has 152 valence electrons. The quantitative estimate of drug-likeness (QED) is 0.291. The van der Waals surface area contributed by atoms with Crippen LogP contribution in [0.5, 0.6) is 0 Å². The van der Waals surface area contributed by atoms with Crippen molar-refractivity contribution in [3.05, 3.63) is 102 Å². The molecule has 0 unspecified atom stereocenters. The molecule has 0 radical (unpaired) electrons.